The van der Waals surface area contributed by atoms with Crippen LogP contribution in [0.2, 0.25) is 5.02 Å². The maximum atomic E-state index is 13.2. The SMILES string of the molecule is COC(=O)C1(Nc2cccc(Cl)c2)CCC2(CC1)c1cc(C3OCCCO3)ccc1C[C@H]2C[C@@H](C)CO. The van der Waals surface area contributed by atoms with E-state index < -0.39 is 5.54 Å². The number of methoxy groups -OCH3 is 1. The Morgan fingerprint density at radius 1 is 1.16 bits per heavy atom. The number of halogens is 1. The monoisotopic (exact) mass is 527 g/mol. The van der Waals surface area contributed by atoms with Gasteiger partial charge in [-0.2, -0.15) is 0 Å². The molecule has 2 atom stereocenters. The number of carbonyl (C=O) groups excluding carboxylic acids is 1. The van der Waals surface area contributed by atoms with Crippen LogP contribution < -0.4 is 5.32 Å². The van der Waals surface area contributed by atoms with Crippen LogP contribution >= 0.6 is 11.6 Å². The van der Waals surface area contributed by atoms with Crippen LogP contribution in [0.1, 0.15) is 68.4 Å². The van der Waals surface area contributed by atoms with Crippen LogP contribution in [0.15, 0.2) is 42.5 Å². The van der Waals surface area contributed by atoms with E-state index in [1.807, 2.05) is 24.3 Å². The largest absolute Gasteiger partial charge is 0.467 e. The molecule has 1 heterocycles. The van der Waals surface area contributed by atoms with Gasteiger partial charge in [0.1, 0.15) is 5.54 Å². The van der Waals surface area contributed by atoms with Crippen LogP contribution in [-0.4, -0.2) is 43.5 Å². The molecule has 2 aromatic carbocycles. The Labute approximate surface area is 224 Å². The number of anilines is 1. The molecule has 1 aliphatic heterocycles. The number of rotatable bonds is 7. The fourth-order valence-corrected chi connectivity index (χ4v) is 7.02. The predicted molar refractivity (Wildman–Crippen MR) is 144 cm³/mol. The van der Waals surface area contributed by atoms with Gasteiger partial charge in [-0.25, -0.2) is 4.79 Å². The van der Waals surface area contributed by atoms with Crippen LogP contribution in [-0.2, 0) is 30.8 Å². The lowest BCUT2D eigenvalue weighted by Crippen LogP contribution is -2.53. The standard InChI is InChI=1S/C30H38ClNO5/c1-20(19-33)15-23-16-21-7-8-22(27-36-13-4-14-37-27)17-26(21)29(23)9-11-30(12-10-29,28(34)35-2)32-25-6-3-5-24(31)18-25/h3,5-8,17-18,20,23,27,32-33H,4,9-16,19H2,1-2H3/t20-,23-,29?,30?/m1/s1. The number of ether oxygens (including phenoxy) is 3. The van der Waals surface area contributed by atoms with Crippen LogP contribution in [0.3, 0.4) is 0 Å². The summed E-state index contributed by atoms with van der Waals surface area (Å²) in [6, 6.07) is 14.2. The van der Waals surface area contributed by atoms with Crippen LogP contribution in [0.4, 0.5) is 5.69 Å². The van der Waals surface area contributed by atoms with Crippen molar-refractivity contribution in [2.24, 2.45) is 11.8 Å². The number of nitrogens with one attached hydrogen (secondary N) is 1. The number of hydrogen-bond acceptors (Lipinski definition) is 6. The van der Waals surface area contributed by atoms with Crippen molar-refractivity contribution in [1.82, 2.24) is 0 Å². The zero-order chi connectivity index (χ0) is 26.0. The second kappa shape index (κ2) is 10.9. The minimum atomic E-state index is -0.812. The summed E-state index contributed by atoms with van der Waals surface area (Å²) in [6.45, 7) is 3.72. The molecule has 2 aliphatic carbocycles. The summed E-state index contributed by atoms with van der Waals surface area (Å²) < 4.78 is 17.2. The summed E-state index contributed by atoms with van der Waals surface area (Å²) in [5.74, 6) is 0.381. The van der Waals surface area contributed by atoms with Gasteiger partial charge in [-0.3, -0.25) is 0 Å². The van der Waals surface area contributed by atoms with E-state index in [2.05, 4.69) is 30.4 Å². The predicted octanol–water partition coefficient (Wildman–Crippen LogP) is 5.80. The van der Waals surface area contributed by atoms with Crippen LogP contribution in [0.25, 0.3) is 0 Å². The molecule has 5 rings (SSSR count). The lowest BCUT2D eigenvalue weighted by Gasteiger charge is -2.48. The molecule has 37 heavy (non-hydrogen) atoms. The molecule has 3 aliphatic rings. The molecule has 2 aromatic rings. The van der Waals surface area contributed by atoms with Gasteiger partial charge in [0.15, 0.2) is 6.29 Å². The lowest BCUT2D eigenvalue weighted by molar-refractivity contribution is -0.183. The molecule has 7 heteroatoms. The zero-order valence-corrected chi connectivity index (χ0v) is 22.6. The molecule has 0 amide bonds. The normalized spacial score (nSPS) is 28.6. The highest BCUT2D eigenvalue weighted by molar-refractivity contribution is 6.30. The Morgan fingerprint density at radius 2 is 1.92 bits per heavy atom. The summed E-state index contributed by atoms with van der Waals surface area (Å²) in [5, 5.41) is 14.0. The first-order chi connectivity index (χ1) is 17.9. The average Bonchev–Trinajstić information content (AvgIpc) is 3.21. The number of aliphatic hydroxyl groups excluding tert-OH is 1. The Kier molecular flexibility index (Phi) is 7.83. The van der Waals surface area contributed by atoms with E-state index in [4.69, 9.17) is 25.8 Å². The smallest absolute Gasteiger partial charge is 0.331 e. The molecule has 0 bridgehead atoms. The molecule has 0 unspecified atom stereocenters. The summed E-state index contributed by atoms with van der Waals surface area (Å²) in [5.41, 5.74) is 3.72. The van der Waals surface area contributed by atoms with Crippen molar-refractivity contribution >= 4 is 23.3 Å². The van der Waals surface area contributed by atoms with Gasteiger partial charge in [-0.05, 0) is 97.6 Å². The molecule has 1 spiro atoms. The van der Waals surface area contributed by atoms with Crippen molar-refractivity contribution < 1.29 is 24.1 Å². The number of carbonyl (C=O) groups is 1. The van der Waals surface area contributed by atoms with E-state index >= 15 is 0 Å². The highest BCUT2D eigenvalue weighted by Crippen LogP contribution is 2.56. The van der Waals surface area contributed by atoms with E-state index in [0.29, 0.717) is 37.0 Å². The zero-order valence-electron chi connectivity index (χ0n) is 21.8. The first kappa shape index (κ1) is 26.5. The van der Waals surface area contributed by atoms with Gasteiger partial charge < -0.3 is 24.6 Å². The van der Waals surface area contributed by atoms with Crippen molar-refractivity contribution in [3.05, 3.63) is 64.2 Å². The van der Waals surface area contributed by atoms with E-state index in [-0.39, 0.29) is 30.2 Å². The molecule has 200 valence electrons. The Balaban J connectivity index is 1.48. The van der Waals surface area contributed by atoms with Gasteiger partial charge >= 0.3 is 5.97 Å². The minimum absolute atomic E-state index is 0.0724. The lowest BCUT2D eigenvalue weighted by atomic mass is 9.59. The third-order valence-electron chi connectivity index (χ3n) is 8.80. The van der Waals surface area contributed by atoms with Crippen molar-refractivity contribution in [3.8, 4) is 0 Å². The van der Waals surface area contributed by atoms with Crippen molar-refractivity contribution in [2.45, 2.75) is 69.1 Å². The van der Waals surface area contributed by atoms with E-state index in [9.17, 15) is 9.90 Å². The summed E-state index contributed by atoms with van der Waals surface area (Å²) >= 11 is 6.24. The summed E-state index contributed by atoms with van der Waals surface area (Å²) in [6.07, 6.45) is 5.52. The van der Waals surface area contributed by atoms with Gasteiger partial charge in [0.2, 0.25) is 0 Å². The van der Waals surface area contributed by atoms with Gasteiger partial charge in [-0.1, -0.05) is 36.7 Å². The summed E-state index contributed by atoms with van der Waals surface area (Å²) in [4.78, 5) is 13.2. The third kappa shape index (κ3) is 5.14. The molecule has 0 aromatic heterocycles. The molecule has 1 saturated heterocycles. The third-order valence-corrected chi connectivity index (χ3v) is 9.03. The molecule has 1 saturated carbocycles. The number of aliphatic hydroxyl groups is 1. The fraction of sp³-hybridized carbons (Fsp3) is 0.567. The highest BCUT2D eigenvalue weighted by Gasteiger charge is 2.54. The second-order valence-electron chi connectivity index (χ2n) is 11.1. The van der Waals surface area contributed by atoms with Gasteiger partial charge in [-0.15, -0.1) is 0 Å². The van der Waals surface area contributed by atoms with Gasteiger partial charge in [0.05, 0.1) is 20.3 Å². The number of esters is 1. The Hall–Kier alpha value is -2.12. The van der Waals surface area contributed by atoms with Crippen molar-refractivity contribution in [2.75, 3.05) is 32.2 Å². The van der Waals surface area contributed by atoms with Crippen molar-refractivity contribution in [1.29, 1.82) is 0 Å². The second-order valence-corrected chi connectivity index (χ2v) is 11.6. The molecule has 6 nitrogen and oxygen atoms in total. The van der Waals surface area contributed by atoms with E-state index in [1.165, 1.54) is 18.2 Å². The molecule has 2 N–H and O–H groups in total. The average molecular weight is 528 g/mol. The minimum Gasteiger partial charge on any atom is -0.467 e. The number of benzene rings is 2. The van der Waals surface area contributed by atoms with Gasteiger partial charge in [0.25, 0.3) is 0 Å². The van der Waals surface area contributed by atoms with Crippen LogP contribution in [0, 0.1) is 11.8 Å². The van der Waals surface area contributed by atoms with E-state index in [1.54, 1.807) is 0 Å². The Morgan fingerprint density at radius 3 is 2.59 bits per heavy atom. The van der Waals surface area contributed by atoms with Crippen molar-refractivity contribution in [3.63, 3.8) is 0 Å². The topological polar surface area (TPSA) is 77.0 Å². The molecule has 0 radical (unpaired) electrons. The van der Waals surface area contributed by atoms with Crippen LogP contribution in [0.5, 0.6) is 0 Å². The number of hydrogen-bond donors (Lipinski definition) is 2. The quantitative estimate of drug-likeness (QED) is 0.443. The molecule has 2 fully saturated rings. The first-order valence-corrected chi connectivity index (χ1v) is 13.9. The fourth-order valence-electron chi connectivity index (χ4n) is 6.83. The van der Waals surface area contributed by atoms with Gasteiger partial charge in [0, 0.05) is 22.9 Å². The summed E-state index contributed by atoms with van der Waals surface area (Å²) in [7, 11) is 1.46. The molecular weight excluding hydrogens is 490 g/mol. The maximum Gasteiger partial charge on any atom is 0.331 e. The highest BCUT2D eigenvalue weighted by atomic mass is 35.5. The Bertz CT molecular complexity index is 1110. The molecular formula is C30H38ClNO5. The van der Waals surface area contributed by atoms with E-state index in [0.717, 1.165) is 43.4 Å². The first-order valence-electron chi connectivity index (χ1n) is 13.5. The maximum absolute atomic E-state index is 13.2. The number of fused-ring (bicyclic) bond motifs is 2.